The first-order valence-corrected chi connectivity index (χ1v) is 27.5. The van der Waals surface area contributed by atoms with Gasteiger partial charge in [-0.25, -0.2) is 26.4 Å². The van der Waals surface area contributed by atoms with Crippen molar-refractivity contribution in [1.29, 1.82) is 0 Å². The zero-order valence-corrected chi connectivity index (χ0v) is 42.6. The number of anilines is 2. The van der Waals surface area contributed by atoms with E-state index in [9.17, 15) is 44.7 Å². The van der Waals surface area contributed by atoms with Gasteiger partial charge < -0.3 is 25.0 Å². The lowest BCUT2D eigenvalue weighted by atomic mass is 9.84. The summed E-state index contributed by atoms with van der Waals surface area (Å²) in [5, 5.41) is 15.1. The van der Waals surface area contributed by atoms with Gasteiger partial charge in [0.1, 0.15) is 10.5 Å². The van der Waals surface area contributed by atoms with Crippen molar-refractivity contribution in [3.8, 4) is 11.1 Å². The molecule has 0 bridgehead atoms. The van der Waals surface area contributed by atoms with Crippen LogP contribution in [0.15, 0.2) is 136 Å². The van der Waals surface area contributed by atoms with Gasteiger partial charge in [0.25, 0.3) is 25.8 Å². The molecule has 2 aliphatic heterocycles. The number of sulfone groups is 1. The molecular formula is C51H57ClF3N5O8S3. The van der Waals surface area contributed by atoms with Crippen LogP contribution < -0.4 is 14.9 Å². The highest BCUT2D eigenvalue weighted by Gasteiger charge is 2.48. The highest BCUT2D eigenvalue weighted by Crippen LogP contribution is 2.39. The minimum absolute atomic E-state index is 0.0297. The number of hydrogen-bond donors (Lipinski definition) is 3. The number of piperidine rings is 1. The van der Waals surface area contributed by atoms with E-state index in [4.69, 9.17) is 16.3 Å². The molecule has 5 aromatic carbocycles. The molecule has 0 aromatic heterocycles. The Bertz CT molecular complexity index is 2860. The molecule has 2 saturated heterocycles. The Morgan fingerprint density at radius 1 is 0.817 bits per heavy atom. The van der Waals surface area contributed by atoms with Gasteiger partial charge in [-0.15, -0.1) is 11.8 Å². The number of benzene rings is 5. The lowest BCUT2D eigenvalue weighted by Crippen LogP contribution is -2.50. The molecule has 13 nitrogen and oxygen atoms in total. The number of nitrogens with one attached hydrogen (secondary N) is 2. The number of rotatable bonds is 16. The molecule has 20 heteroatoms. The van der Waals surface area contributed by atoms with Crippen LogP contribution in [0.25, 0.3) is 11.1 Å². The number of piperazine rings is 1. The van der Waals surface area contributed by atoms with Crippen molar-refractivity contribution in [2.24, 2.45) is 5.92 Å². The van der Waals surface area contributed by atoms with Crippen LogP contribution in [0.5, 0.6) is 0 Å². The van der Waals surface area contributed by atoms with Gasteiger partial charge in [-0.1, -0.05) is 66.2 Å². The summed E-state index contributed by atoms with van der Waals surface area (Å²) >= 11 is 7.51. The van der Waals surface area contributed by atoms with Gasteiger partial charge in [0.2, 0.25) is 0 Å². The average molecular weight is 1060 g/mol. The number of aliphatic hydroxyl groups is 1. The van der Waals surface area contributed by atoms with E-state index in [2.05, 4.69) is 15.1 Å². The number of halogens is 4. The van der Waals surface area contributed by atoms with Crippen molar-refractivity contribution >= 4 is 66.6 Å². The fourth-order valence-corrected chi connectivity index (χ4v) is 11.7. The third-order valence-corrected chi connectivity index (χ3v) is 16.7. The summed E-state index contributed by atoms with van der Waals surface area (Å²) in [6, 6.07) is 32.3. The maximum Gasteiger partial charge on any atom is 0.501 e. The zero-order valence-electron chi connectivity index (χ0n) is 39.4. The third-order valence-electron chi connectivity index (χ3n) is 12.4. The number of carbonyl (C=O) groups is 2. The van der Waals surface area contributed by atoms with E-state index in [1.165, 1.54) is 23.9 Å². The zero-order chi connectivity index (χ0) is 51.1. The molecule has 0 saturated carbocycles. The van der Waals surface area contributed by atoms with Gasteiger partial charge in [0.15, 0.2) is 0 Å². The Balaban J connectivity index is 1.02. The molecule has 2 atom stereocenters. The molecule has 380 valence electrons. The highest BCUT2D eigenvalue weighted by atomic mass is 35.5. The normalized spacial score (nSPS) is 16.3. The fraction of sp³-hybridized carbons (Fsp3) is 0.373. The van der Waals surface area contributed by atoms with Crippen molar-refractivity contribution in [1.82, 2.24) is 14.5 Å². The molecule has 0 radical (unpaired) electrons. The van der Waals surface area contributed by atoms with Gasteiger partial charge in [0.05, 0.1) is 16.7 Å². The number of alkyl halides is 3. The van der Waals surface area contributed by atoms with E-state index < -0.39 is 70.6 Å². The molecule has 7 rings (SSSR count). The molecule has 71 heavy (non-hydrogen) atoms. The largest absolute Gasteiger partial charge is 0.501 e. The summed E-state index contributed by atoms with van der Waals surface area (Å²) in [6.45, 7) is 8.78. The first kappa shape index (κ1) is 53.5. The first-order valence-electron chi connectivity index (χ1n) is 23.1. The summed E-state index contributed by atoms with van der Waals surface area (Å²) in [5.74, 6) is -0.812. The van der Waals surface area contributed by atoms with E-state index in [1.807, 2.05) is 83.6 Å². The molecule has 5 aromatic rings. The summed E-state index contributed by atoms with van der Waals surface area (Å²) < 4.78 is 104. The van der Waals surface area contributed by atoms with Crippen LogP contribution in [0.1, 0.15) is 62.1 Å². The molecule has 2 unspecified atom stereocenters. The monoisotopic (exact) mass is 1060 g/mol. The lowest BCUT2D eigenvalue weighted by molar-refractivity contribution is -0.0436. The number of amides is 2. The Morgan fingerprint density at radius 3 is 2.08 bits per heavy atom. The quantitative estimate of drug-likeness (QED) is 0.0803. The van der Waals surface area contributed by atoms with Gasteiger partial charge in [-0.3, -0.25) is 9.69 Å². The predicted octanol–water partition coefficient (Wildman–Crippen LogP) is 9.88. The lowest BCUT2D eigenvalue weighted by Gasteiger charge is -2.36. The minimum Gasteiger partial charge on any atom is -0.444 e. The molecule has 0 aliphatic carbocycles. The number of carbonyl (C=O) groups excluding carboxylic acids is 2. The molecular weight excluding hydrogens is 999 g/mol. The number of hydrogen-bond acceptors (Lipinski definition) is 12. The van der Waals surface area contributed by atoms with Crippen LogP contribution in [0.4, 0.5) is 29.3 Å². The van der Waals surface area contributed by atoms with Crippen molar-refractivity contribution in [2.45, 2.75) is 78.0 Å². The smallest absolute Gasteiger partial charge is 0.444 e. The Morgan fingerprint density at radius 2 is 1.45 bits per heavy atom. The number of sulfonamides is 1. The number of nitrogens with zero attached hydrogens (tertiary/aromatic N) is 3. The molecule has 2 heterocycles. The number of thioether (sulfide) groups is 1. The molecule has 0 spiro atoms. The van der Waals surface area contributed by atoms with Crippen LogP contribution >= 0.6 is 23.4 Å². The van der Waals surface area contributed by atoms with Crippen LogP contribution in [0.3, 0.4) is 0 Å². The average Bonchev–Trinajstić information content (AvgIpc) is 3.34. The second-order valence-corrected chi connectivity index (χ2v) is 23.6. The standard InChI is InChI=1S/C51H57ClF3N5O8S3/c1-50(2,3)68-49(63)60-31-29-58(30-32-60)26-25-39(34-69-41-9-5-4-6-10-41)56-45-22-21-42(33-46(45)70(64,65)51(53,54)55)71(66,67)57-48(62)37-15-19-40(20-16-37)59-27-23-36(24-28-59)47(61)44-12-8-7-11-43(44)35-13-17-38(52)18-14-35/h4-22,33,36,39,47,56,61H,23-32,34H2,1-3H3,(H,57,62). The van der Waals surface area contributed by atoms with Crippen molar-refractivity contribution in [3.05, 3.63) is 137 Å². The second-order valence-electron chi connectivity index (χ2n) is 18.5. The second kappa shape index (κ2) is 22.6. The van der Waals surface area contributed by atoms with Gasteiger partial charge in [0, 0.05) is 78.8 Å². The minimum atomic E-state index is -6.13. The van der Waals surface area contributed by atoms with Crippen molar-refractivity contribution < 1.29 is 49.4 Å². The molecule has 2 aliphatic rings. The van der Waals surface area contributed by atoms with Crippen molar-refractivity contribution in [2.75, 3.05) is 61.8 Å². The van der Waals surface area contributed by atoms with E-state index in [-0.39, 0.29) is 11.5 Å². The molecule has 2 amide bonds. The number of aliphatic hydroxyl groups excluding tert-OH is 1. The SMILES string of the molecule is CC(C)(C)OC(=O)N1CCN(CCC(CSc2ccccc2)Nc2ccc(S(=O)(=O)NC(=O)c3ccc(N4CCC(C(O)c5ccccc5-c5ccc(Cl)cc5)CC4)cc3)cc2S(=O)(=O)C(F)(F)F)CC1. The maximum atomic E-state index is 14.3. The Kier molecular flexibility index (Phi) is 17.0. The van der Waals surface area contributed by atoms with E-state index in [0.29, 0.717) is 81.9 Å². The molecule has 2 fully saturated rings. The topological polar surface area (TPSA) is 166 Å². The summed E-state index contributed by atoms with van der Waals surface area (Å²) in [5.41, 5.74) is -3.53. The molecule has 3 N–H and O–H groups in total. The van der Waals surface area contributed by atoms with E-state index in [1.54, 1.807) is 37.8 Å². The van der Waals surface area contributed by atoms with Crippen LogP contribution in [0, 0.1) is 5.92 Å². The van der Waals surface area contributed by atoms with Crippen molar-refractivity contribution in [3.63, 3.8) is 0 Å². The van der Waals surface area contributed by atoms with Gasteiger partial charge >= 0.3 is 11.6 Å². The van der Waals surface area contributed by atoms with Gasteiger partial charge in [-0.2, -0.15) is 13.2 Å². The Hall–Kier alpha value is -5.31. The van der Waals surface area contributed by atoms with Crippen LogP contribution in [-0.4, -0.2) is 112 Å². The summed E-state index contributed by atoms with van der Waals surface area (Å²) in [7, 11) is -11.0. The summed E-state index contributed by atoms with van der Waals surface area (Å²) in [6.07, 6.45) is 0.535. The Labute approximate surface area is 422 Å². The fourth-order valence-electron chi connectivity index (χ4n) is 8.52. The predicted molar refractivity (Wildman–Crippen MR) is 271 cm³/mol. The van der Waals surface area contributed by atoms with E-state index >= 15 is 0 Å². The van der Waals surface area contributed by atoms with E-state index in [0.717, 1.165) is 39.4 Å². The van der Waals surface area contributed by atoms with Gasteiger partial charge in [-0.05, 0) is 129 Å². The van der Waals surface area contributed by atoms with Crippen LogP contribution in [-0.2, 0) is 24.6 Å². The summed E-state index contributed by atoms with van der Waals surface area (Å²) in [4.78, 5) is 30.5. The van der Waals surface area contributed by atoms with Crippen LogP contribution in [0.2, 0.25) is 5.02 Å². The number of ether oxygens (including phenoxy) is 1. The maximum absolute atomic E-state index is 14.3. The third kappa shape index (κ3) is 13.8. The highest BCUT2D eigenvalue weighted by molar-refractivity contribution is 7.99. The first-order chi connectivity index (χ1) is 33.6.